The zero-order chi connectivity index (χ0) is 22.4. The molecule has 1 aliphatic rings. The topological polar surface area (TPSA) is 88.7 Å². The van der Waals surface area contributed by atoms with E-state index in [4.69, 9.17) is 21.1 Å². The third kappa shape index (κ3) is 5.19. The van der Waals surface area contributed by atoms with Crippen LogP contribution < -0.4 is 25.4 Å². The third-order valence-corrected chi connectivity index (χ3v) is 4.84. The van der Waals surface area contributed by atoms with Crippen LogP contribution in [0.4, 0.5) is 10.5 Å². The number of ether oxygens (including phenoxy) is 2. The molecule has 3 N–H and O–H groups in total. The van der Waals surface area contributed by atoms with Gasteiger partial charge in [-0.2, -0.15) is 0 Å². The first kappa shape index (κ1) is 22.2. The minimum Gasteiger partial charge on any atom is -0.490 e. The molecule has 1 atom stereocenters. The minimum absolute atomic E-state index is 0.257. The summed E-state index contributed by atoms with van der Waals surface area (Å²) in [6.45, 7) is 7.80. The van der Waals surface area contributed by atoms with Gasteiger partial charge < -0.3 is 25.4 Å². The number of carbonyl (C=O) groups excluding carboxylic acids is 2. The van der Waals surface area contributed by atoms with Gasteiger partial charge in [0.25, 0.3) is 5.91 Å². The molecular formula is C23H24ClN3O4. The van der Waals surface area contributed by atoms with Gasteiger partial charge in [0.1, 0.15) is 6.61 Å². The Bertz CT molecular complexity index is 1020. The fraction of sp³-hybridized carbons (Fsp3) is 0.217. The smallest absolute Gasteiger partial charge is 0.319 e. The monoisotopic (exact) mass is 441 g/mol. The van der Waals surface area contributed by atoms with Crippen LogP contribution in [-0.2, 0) is 4.79 Å². The molecule has 2 aromatic carbocycles. The van der Waals surface area contributed by atoms with E-state index in [0.29, 0.717) is 45.6 Å². The molecule has 0 spiro atoms. The van der Waals surface area contributed by atoms with E-state index in [9.17, 15) is 9.59 Å². The molecule has 0 aromatic heterocycles. The molecule has 2 aromatic rings. The first-order chi connectivity index (χ1) is 14.9. The molecule has 3 amide bonds. The molecule has 0 saturated carbocycles. The van der Waals surface area contributed by atoms with E-state index in [2.05, 4.69) is 22.5 Å². The maximum Gasteiger partial charge on any atom is 0.319 e. The molecule has 1 aliphatic heterocycles. The van der Waals surface area contributed by atoms with Crippen LogP contribution in [0, 0.1) is 0 Å². The molecule has 162 valence electrons. The van der Waals surface area contributed by atoms with Gasteiger partial charge in [-0.25, -0.2) is 4.79 Å². The summed E-state index contributed by atoms with van der Waals surface area (Å²) in [6.07, 6.45) is 1.60. The van der Waals surface area contributed by atoms with Crippen LogP contribution in [0.2, 0.25) is 5.02 Å². The van der Waals surface area contributed by atoms with Gasteiger partial charge >= 0.3 is 6.03 Å². The molecule has 0 aliphatic carbocycles. The summed E-state index contributed by atoms with van der Waals surface area (Å²) in [4.78, 5) is 25.3. The van der Waals surface area contributed by atoms with Crippen LogP contribution in [0.25, 0.3) is 0 Å². The Kier molecular flexibility index (Phi) is 7.20. The lowest BCUT2D eigenvalue weighted by Crippen LogP contribution is -2.46. The van der Waals surface area contributed by atoms with Crippen molar-refractivity contribution in [3.63, 3.8) is 0 Å². The van der Waals surface area contributed by atoms with Gasteiger partial charge in [0, 0.05) is 11.4 Å². The number of hydrogen-bond donors (Lipinski definition) is 3. The van der Waals surface area contributed by atoms with Gasteiger partial charge in [0.15, 0.2) is 11.5 Å². The lowest BCUT2D eigenvalue weighted by Gasteiger charge is -2.29. The number of hydrogen-bond acceptors (Lipinski definition) is 4. The predicted octanol–water partition coefficient (Wildman–Crippen LogP) is 4.57. The summed E-state index contributed by atoms with van der Waals surface area (Å²) in [5, 5.41) is 8.62. The fourth-order valence-corrected chi connectivity index (χ4v) is 3.54. The summed E-state index contributed by atoms with van der Waals surface area (Å²) in [5.41, 5.74) is 2.04. The van der Waals surface area contributed by atoms with Crippen LogP contribution in [0.1, 0.15) is 25.5 Å². The minimum atomic E-state index is -0.734. The van der Waals surface area contributed by atoms with Crippen molar-refractivity contribution < 1.29 is 19.1 Å². The zero-order valence-electron chi connectivity index (χ0n) is 17.3. The lowest BCUT2D eigenvalue weighted by molar-refractivity contribution is -0.113. The molecule has 3 rings (SSSR count). The van der Waals surface area contributed by atoms with Crippen LogP contribution in [-0.4, -0.2) is 25.2 Å². The number of para-hydroxylation sites is 1. The quantitative estimate of drug-likeness (QED) is 0.523. The summed E-state index contributed by atoms with van der Waals surface area (Å²) < 4.78 is 11.3. The summed E-state index contributed by atoms with van der Waals surface area (Å²) >= 11 is 6.47. The summed E-state index contributed by atoms with van der Waals surface area (Å²) in [6, 6.07) is 11.3. The van der Waals surface area contributed by atoms with Crippen molar-refractivity contribution in [2.45, 2.75) is 19.9 Å². The van der Waals surface area contributed by atoms with Gasteiger partial charge in [0.05, 0.1) is 23.2 Å². The van der Waals surface area contributed by atoms with Crippen molar-refractivity contribution in [2.24, 2.45) is 0 Å². The first-order valence-corrected chi connectivity index (χ1v) is 10.2. The van der Waals surface area contributed by atoms with Crippen molar-refractivity contribution in [3.05, 3.63) is 77.0 Å². The highest BCUT2D eigenvalue weighted by Crippen LogP contribution is 2.40. The SMILES string of the molecule is C=CCOc1c(Cl)cc([C@@H]2NC(=O)NC(C)=C2C(=O)Nc2ccccc2)cc1OCC. The zero-order valence-corrected chi connectivity index (χ0v) is 18.1. The second-order valence-corrected chi connectivity index (χ2v) is 7.16. The van der Waals surface area contributed by atoms with E-state index >= 15 is 0 Å². The second kappa shape index (κ2) is 10.0. The third-order valence-electron chi connectivity index (χ3n) is 4.56. The molecule has 8 heteroatoms. The fourth-order valence-electron chi connectivity index (χ4n) is 3.26. The van der Waals surface area contributed by atoms with Crippen LogP contribution >= 0.6 is 11.6 Å². The van der Waals surface area contributed by atoms with Crippen molar-refractivity contribution in [3.8, 4) is 11.5 Å². The van der Waals surface area contributed by atoms with Crippen molar-refractivity contribution in [1.82, 2.24) is 10.6 Å². The Balaban J connectivity index is 2.01. The number of anilines is 1. The van der Waals surface area contributed by atoms with Gasteiger partial charge in [-0.3, -0.25) is 4.79 Å². The Labute approximate surface area is 186 Å². The Morgan fingerprint density at radius 1 is 1.26 bits per heavy atom. The normalized spacial score (nSPS) is 15.6. The van der Waals surface area contributed by atoms with Gasteiger partial charge in [0.2, 0.25) is 0 Å². The number of allylic oxidation sites excluding steroid dienone is 1. The lowest BCUT2D eigenvalue weighted by atomic mass is 9.94. The van der Waals surface area contributed by atoms with Crippen LogP contribution in [0.15, 0.2) is 66.4 Å². The highest BCUT2D eigenvalue weighted by atomic mass is 35.5. The average Bonchev–Trinajstić information content (AvgIpc) is 2.73. The van der Waals surface area contributed by atoms with Crippen LogP contribution in [0.5, 0.6) is 11.5 Å². The summed E-state index contributed by atoms with van der Waals surface area (Å²) in [5.74, 6) is 0.450. The second-order valence-electron chi connectivity index (χ2n) is 6.75. The van der Waals surface area contributed by atoms with Gasteiger partial charge in [-0.15, -0.1) is 0 Å². The number of carbonyl (C=O) groups is 2. The number of amides is 3. The maximum atomic E-state index is 13.1. The van der Waals surface area contributed by atoms with Gasteiger partial charge in [-0.05, 0) is 43.7 Å². The molecular weight excluding hydrogens is 418 g/mol. The maximum absolute atomic E-state index is 13.1. The molecule has 0 bridgehead atoms. The number of nitrogens with one attached hydrogen (secondary N) is 3. The number of benzene rings is 2. The van der Waals surface area contributed by atoms with Crippen molar-refractivity contribution in [2.75, 3.05) is 18.5 Å². The van der Waals surface area contributed by atoms with Crippen molar-refractivity contribution in [1.29, 1.82) is 0 Å². The molecule has 0 saturated heterocycles. The van der Waals surface area contributed by atoms with Gasteiger partial charge in [-0.1, -0.05) is 42.5 Å². The van der Waals surface area contributed by atoms with E-state index in [1.807, 2.05) is 25.1 Å². The van der Waals surface area contributed by atoms with E-state index in [0.717, 1.165) is 0 Å². The molecule has 31 heavy (non-hydrogen) atoms. The van der Waals surface area contributed by atoms with Crippen molar-refractivity contribution >= 4 is 29.2 Å². The predicted molar refractivity (Wildman–Crippen MR) is 120 cm³/mol. The Morgan fingerprint density at radius 2 is 2.00 bits per heavy atom. The van der Waals surface area contributed by atoms with Crippen LogP contribution in [0.3, 0.4) is 0 Å². The number of urea groups is 1. The van der Waals surface area contributed by atoms with E-state index in [1.165, 1.54) is 0 Å². The standard InChI is InChI=1S/C23H24ClN3O4/c1-4-11-31-21-17(24)12-15(13-18(21)30-5-2)20-19(14(3)25-23(29)27-20)22(28)26-16-9-7-6-8-10-16/h4,6-10,12-13,20H,1,5,11H2,2-3H3,(H,26,28)(H2,25,27,29)/t20-/m0/s1. The Hall–Kier alpha value is -3.45. The summed E-state index contributed by atoms with van der Waals surface area (Å²) in [7, 11) is 0. The molecule has 1 heterocycles. The number of halogens is 1. The highest BCUT2D eigenvalue weighted by molar-refractivity contribution is 6.32. The highest BCUT2D eigenvalue weighted by Gasteiger charge is 2.32. The van der Waals surface area contributed by atoms with E-state index in [-0.39, 0.29) is 12.5 Å². The Morgan fingerprint density at radius 3 is 2.68 bits per heavy atom. The van der Waals surface area contributed by atoms with E-state index < -0.39 is 12.1 Å². The molecule has 0 radical (unpaired) electrons. The number of rotatable bonds is 8. The molecule has 7 nitrogen and oxygen atoms in total. The molecule has 0 fully saturated rings. The van der Waals surface area contributed by atoms with E-state index in [1.54, 1.807) is 37.3 Å². The average molecular weight is 442 g/mol. The first-order valence-electron chi connectivity index (χ1n) is 9.79. The largest absolute Gasteiger partial charge is 0.490 e. The molecule has 0 unspecified atom stereocenters.